The lowest BCUT2D eigenvalue weighted by molar-refractivity contribution is -0.139. The highest BCUT2D eigenvalue weighted by molar-refractivity contribution is 5.97. The van der Waals surface area contributed by atoms with Gasteiger partial charge >= 0.3 is 5.97 Å². The second kappa shape index (κ2) is 23.7. The van der Waals surface area contributed by atoms with Crippen molar-refractivity contribution in [3.63, 3.8) is 0 Å². The van der Waals surface area contributed by atoms with Crippen molar-refractivity contribution in [2.45, 2.75) is 45.2 Å². The summed E-state index contributed by atoms with van der Waals surface area (Å²) in [5, 5.41) is 14.8. The summed E-state index contributed by atoms with van der Waals surface area (Å²) in [5.74, 6) is -2.03. The number of fused-ring (bicyclic) bond motifs is 1. The molecule has 0 fully saturated rings. The number of benzene rings is 1. The molecule has 18 heteroatoms. The van der Waals surface area contributed by atoms with Crippen molar-refractivity contribution in [2.75, 3.05) is 96.0 Å². The minimum atomic E-state index is -1.25. The van der Waals surface area contributed by atoms with Gasteiger partial charge in [-0.15, -0.1) is 0 Å². The third-order valence-corrected chi connectivity index (χ3v) is 7.43. The van der Waals surface area contributed by atoms with Gasteiger partial charge in [0.25, 0.3) is 5.91 Å². The zero-order valence-electron chi connectivity index (χ0n) is 29.9. The van der Waals surface area contributed by atoms with Gasteiger partial charge in [0.05, 0.1) is 77.9 Å². The number of aromatic nitrogens is 4. The number of nitrogens with two attached hydrogens (primary N) is 2. The van der Waals surface area contributed by atoms with E-state index in [-0.39, 0.29) is 49.2 Å². The van der Waals surface area contributed by atoms with Crippen molar-refractivity contribution >= 4 is 46.4 Å². The summed E-state index contributed by atoms with van der Waals surface area (Å²) in [7, 11) is 1.83. The molecule has 0 radical (unpaired) electrons. The van der Waals surface area contributed by atoms with E-state index in [1.807, 2.05) is 11.9 Å². The quantitative estimate of drug-likeness (QED) is 0.0691. The molecular formula is C34H51N9O9. The monoisotopic (exact) mass is 729 g/mol. The van der Waals surface area contributed by atoms with Gasteiger partial charge in [-0.1, -0.05) is 13.3 Å². The summed E-state index contributed by atoms with van der Waals surface area (Å²) in [6.07, 6.45) is 3.56. The van der Waals surface area contributed by atoms with Crippen LogP contribution in [0.1, 0.15) is 48.7 Å². The Morgan fingerprint density at radius 3 is 2.04 bits per heavy atom. The SMILES string of the molecule is CCCCOCCOCCOCCOCCOCCNC(=O)CCC(NC(=O)c1ccc(N(C)Cc2cnc3nc(N)nc(N)c3n2)cc1)C(=O)O. The molecule has 0 aliphatic carbocycles. The Labute approximate surface area is 302 Å². The van der Waals surface area contributed by atoms with E-state index in [0.717, 1.165) is 25.1 Å². The molecule has 52 heavy (non-hydrogen) atoms. The predicted octanol–water partition coefficient (Wildman–Crippen LogP) is 1.18. The van der Waals surface area contributed by atoms with Crippen molar-refractivity contribution in [1.82, 2.24) is 30.6 Å². The Morgan fingerprint density at radius 2 is 1.44 bits per heavy atom. The highest BCUT2D eigenvalue weighted by atomic mass is 16.6. The first-order valence-electron chi connectivity index (χ1n) is 17.2. The first kappa shape index (κ1) is 41.7. The largest absolute Gasteiger partial charge is 0.480 e. The van der Waals surface area contributed by atoms with Crippen LogP contribution in [0.2, 0.25) is 0 Å². The number of hydrogen-bond donors (Lipinski definition) is 5. The number of nitrogens with one attached hydrogen (secondary N) is 2. The molecule has 2 aromatic heterocycles. The fraction of sp³-hybridized carbons (Fsp3) is 0.559. The van der Waals surface area contributed by atoms with Gasteiger partial charge in [0, 0.05) is 37.9 Å². The highest BCUT2D eigenvalue weighted by Gasteiger charge is 2.22. The van der Waals surface area contributed by atoms with Crippen LogP contribution in [0, 0.1) is 0 Å². The molecule has 1 atom stereocenters. The summed E-state index contributed by atoms with van der Waals surface area (Å²) in [6.45, 7) is 7.51. The lowest BCUT2D eigenvalue weighted by Crippen LogP contribution is -2.41. The van der Waals surface area contributed by atoms with Crippen molar-refractivity contribution in [1.29, 1.82) is 0 Å². The number of amides is 2. The van der Waals surface area contributed by atoms with Gasteiger partial charge in [-0.05, 0) is 37.1 Å². The summed E-state index contributed by atoms with van der Waals surface area (Å²) < 4.78 is 27.2. The van der Waals surface area contributed by atoms with Crippen LogP contribution < -0.4 is 27.0 Å². The molecule has 7 N–H and O–H groups in total. The third-order valence-electron chi connectivity index (χ3n) is 7.43. The normalized spacial score (nSPS) is 11.7. The number of nitrogen functional groups attached to an aromatic ring is 2. The molecule has 0 saturated carbocycles. The second-order valence-corrected chi connectivity index (χ2v) is 11.6. The number of carboxylic acid groups (broad SMARTS) is 1. The maximum absolute atomic E-state index is 12.8. The van der Waals surface area contributed by atoms with E-state index in [4.69, 9.17) is 35.2 Å². The van der Waals surface area contributed by atoms with E-state index in [0.29, 0.717) is 76.3 Å². The van der Waals surface area contributed by atoms with Gasteiger partial charge in [-0.2, -0.15) is 9.97 Å². The third kappa shape index (κ3) is 15.6. The van der Waals surface area contributed by atoms with Gasteiger partial charge in [0.2, 0.25) is 11.9 Å². The number of carbonyl (C=O) groups excluding carboxylic acids is 2. The van der Waals surface area contributed by atoms with Gasteiger partial charge in [0.1, 0.15) is 6.04 Å². The molecule has 1 unspecified atom stereocenters. The summed E-state index contributed by atoms with van der Waals surface area (Å²) in [6, 6.07) is 5.35. The van der Waals surface area contributed by atoms with Crippen molar-refractivity contribution in [2.24, 2.45) is 0 Å². The highest BCUT2D eigenvalue weighted by Crippen LogP contribution is 2.19. The molecule has 0 saturated heterocycles. The van der Waals surface area contributed by atoms with Crippen molar-refractivity contribution in [3.05, 3.63) is 41.7 Å². The van der Waals surface area contributed by atoms with E-state index >= 15 is 0 Å². The van der Waals surface area contributed by atoms with Gasteiger partial charge in [-0.3, -0.25) is 9.59 Å². The molecule has 18 nitrogen and oxygen atoms in total. The molecule has 2 amide bonds. The fourth-order valence-electron chi connectivity index (χ4n) is 4.61. The zero-order chi connectivity index (χ0) is 37.6. The maximum Gasteiger partial charge on any atom is 0.326 e. The van der Waals surface area contributed by atoms with E-state index < -0.39 is 17.9 Å². The molecule has 0 aliphatic heterocycles. The van der Waals surface area contributed by atoms with Crippen molar-refractivity contribution < 1.29 is 43.2 Å². The summed E-state index contributed by atoms with van der Waals surface area (Å²) in [5.41, 5.74) is 13.8. The Bertz CT molecular complexity index is 1530. The topological polar surface area (TPSA) is 248 Å². The lowest BCUT2D eigenvalue weighted by atomic mass is 10.1. The van der Waals surface area contributed by atoms with Gasteiger partial charge in [0.15, 0.2) is 17.0 Å². The molecule has 3 rings (SSSR count). The van der Waals surface area contributed by atoms with E-state index in [2.05, 4.69) is 37.5 Å². The smallest absolute Gasteiger partial charge is 0.326 e. The number of anilines is 3. The van der Waals surface area contributed by atoms with Crippen molar-refractivity contribution in [3.8, 4) is 0 Å². The molecule has 0 aliphatic rings. The predicted molar refractivity (Wildman–Crippen MR) is 193 cm³/mol. The van der Waals surface area contributed by atoms with Crippen LogP contribution >= 0.6 is 0 Å². The molecule has 3 aromatic rings. The Balaban J connectivity index is 1.25. The molecule has 286 valence electrons. The summed E-state index contributed by atoms with van der Waals surface area (Å²) >= 11 is 0. The molecule has 1 aromatic carbocycles. The van der Waals surface area contributed by atoms with Gasteiger partial charge in [-0.25, -0.2) is 14.8 Å². The zero-order valence-corrected chi connectivity index (χ0v) is 29.9. The molecular weight excluding hydrogens is 678 g/mol. The van der Waals surface area contributed by atoms with E-state index in [1.165, 1.54) is 0 Å². The summed E-state index contributed by atoms with van der Waals surface area (Å²) in [4.78, 5) is 55.5. The van der Waals surface area contributed by atoms with Crippen LogP contribution in [0.3, 0.4) is 0 Å². The fourth-order valence-corrected chi connectivity index (χ4v) is 4.61. The first-order valence-corrected chi connectivity index (χ1v) is 17.2. The number of aliphatic carboxylic acids is 1. The molecule has 2 heterocycles. The number of ether oxygens (including phenoxy) is 5. The molecule has 0 bridgehead atoms. The van der Waals surface area contributed by atoms with Crippen LogP contribution in [0.25, 0.3) is 11.2 Å². The number of nitrogens with zero attached hydrogens (tertiary/aromatic N) is 5. The number of unbranched alkanes of at least 4 members (excludes halogenated alkanes) is 1. The lowest BCUT2D eigenvalue weighted by Gasteiger charge is -2.19. The minimum absolute atomic E-state index is 0.0136. The number of hydrogen-bond acceptors (Lipinski definition) is 15. The standard InChI is InChI=1S/C34H51N9O9/c1-3-4-12-48-14-16-50-18-20-52-21-19-51-17-15-49-13-11-37-28(44)10-9-27(33(46)47)40-32(45)24-5-7-26(8-6-24)43(2)23-25-22-38-31-29(39-25)30(35)41-34(36)42-31/h5-8,22,27H,3-4,9-21,23H2,1-2H3,(H,37,44)(H,40,45)(H,46,47)(H4,35,36,38,41,42). The van der Waals surface area contributed by atoms with E-state index in [1.54, 1.807) is 30.5 Å². The van der Waals surface area contributed by atoms with Gasteiger partial charge < -0.3 is 55.8 Å². The minimum Gasteiger partial charge on any atom is -0.480 e. The average molecular weight is 730 g/mol. The Kier molecular flexibility index (Phi) is 19.0. The second-order valence-electron chi connectivity index (χ2n) is 11.6. The van der Waals surface area contributed by atoms with Crippen LogP contribution in [-0.2, 0) is 39.8 Å². The van der Waals surface area contributed by atoms with E-state index in [9.17, 15) is 19.5 Å². The van der Waals surface area contributed by atoms with Crippen LogP contribution in [0.15, 0.2) is 30.5 Å². The van der Waals surface area contributed by atoms with Crippen LogP contribution in [-0.4, -0.2) is 129 Å². The molecule has 0 spiro atoms. The maximum atomic E-state index is 12.8. The number of rotatable bonds is 27. The number of carboxylic acids is 1. The van der Waals surface area contributed by atoms with Crippen LogP contribution in [0.5, 0.6) is 0 Å². The van der Waals surface area contributed by atoms with Crippen LogP contribution in [0.4, 0.5) is 17.5 Å². The number of carbonyl (C=O) groups is 3. The Hall–Kier alpha value is -4.75. The Morgan fingerprint density at radius 1 is 0.846 bits per heavy atom. The first-order chi connectivity index (χ1) is 25.2. The average Bonchev–Trinajstić information content (AvgIpc) is 3.12.